The van der Waals surface area contributed by atoms with E-state index >= 15 is 0 Å². The number of hydrogen-bond acceptors (Lipinski definition) is 18. The number of rotatable bonds is 6. The molecular weight excluding hydrogens is 1540 g/mol. The Balaban J connectivity index is 0.000000108. The fourth-order valence-corrected chi connectivity index (χ4v) is 33.2. The van der Waals surface area contributed by atoms with Gasteiger partial charge in [0.15, 0.2) is 28.9 Å². The van der Waals surface area contributed by atoms with Gasteiger partial charge < -0.3 is 62.3 Å². The van der Waals surface area contributed by atoms with Crippen LogP contribution in [0.15, 0.2) is 60.7 Å². The summed E-state index contributed by atoms with van der Waals surface area (Å²) in [6.07, 6.45) is 33.8. The van der Waals surface area contributed by atoms with E-state index in [4.69, 9.17) is 57.2 Å². The van der Waals surface area contributed by atoms with E-state index in [1.807, 2.05) is 77.1 Å². The molecule has 4 heterocycles. The molecule has 16 aliphatic carbocycles. The van der Waals surface area contributed by atoms with Crippen molar-refractivity contribution in [3.63, 3.8) is 0 Å². The van der Waals surface area contributed by atoms with Crippen molar-refractivity contribution < 1.29 is 86.3 Å². The summed E-state index contributed by atoms with van der Waals surface area (Å²) in [7, 11) is 3.30. The van der Waals surface area contributed by atoms with Crippen molar-refractivity contribution in [3.05, 3.63) is 71.8 Å². The van der Waals surface area contributed by atoms with Crippen LogP contribution in [0.25, 0.3) is 0 Å². The molecule has 2 aromatic carbocycles. The predicted octanol–water partition coefficient (Wildman–Crippen LogP) is 19.2. The molecule has 0 radical (unpaired) electrons. The molecule has 0 spiro atoms. The monoisotopic (exact) mass is 1690 g/mol. The average Bonchev–Trinajstić information content (AvgIpc) is 1.49. The Kier molecular flexibility index (Phi) is 22.8. The molecule has 15 saturated carbocycles. The fraction of sp³-hybridized carbons (Fsp3) is 0.817. The number of hydrogen-bond donors (Lipinski definition) is 2. The van der Waals surface area contributed by atoms with Crippen molar-refractivity contribution in [1.82, 2.24) is 0 Å². The number of ether oxygens (including phenoxy) is 11. The van der Waals surface area contributed by atoms with E-state index in [9.17, 15) is 29.1 Å². The number of fused-ring (bicyclic) bond motifs is 32. The van der Waals surface area contributed by atoms with Crippen LogP contribution in [0, 0.1) is 138 Å². The number of aliphatic hydroxyl groups is 2. The molecule has 16 unspecified atom stereocenters. The van der Waals surface area contributed by atoms with Gasteiger partial charge in [-0.1, -0.05) is 137 Å². The molecule has 4 aliphatic heterocycles. The quantitative estimate of drug-likeness (QED) is 0.256. The zero-order valence-electron chi connectivity index (χ0n) is 77.2. The van der Waals surface area contributed by atoms with E-state index in [0.29, 0.717) is 102 Å². The Morgan fingerprint density at radius 3 is 1.15 bits per heavy atom. The standard InChI is InChI=1S/C30H42O5.C22H34O4.C22H32O4.C22H32O3.C8H10O2/c1-28(2)34-26-21-8-6-7-14-29(21,3)20-13-15-30(4)23(31)16-22(25(30)24(20)27(26)35-28)33-17-18-9-11-19(32-5)12-10-18;2*1-20(2)25-18-13-7-5-6-9-21(13,3)12-8-10-22(4)15(24)11-14(23)17(22)16(12)19(18)26-20;1-20(2)24-18-15-7-5-6-11-21(15,3)14-10-12-22(4)13(8-9-16(22)23)17(14)19(18)25-20;1-10-8-4-2-7(6-9)3-5-8/h9-12,20-22,24-27H,6-8,13-17H2,1-5H3;12-14,16-19,23H,5-11H2,1-4H3;12-13,16-19H,5-11H2,1-4H3;8-9,13-15,17-19H,5-7,10-12H2,1-4H3;2-5,9H,6H2,1H3/t20?,21?,22-,24?,25?,26-,27-,29-,30-;12?,13?,14-,16?,17?,18-,19-,21-,22-;12?,13?,16?,17?,18-,19-,21-,22-;13?,14?,15?,17?,18-,19-,21-,22+;/m1111./s1. The predicted molar refractivity (Wildman–Crippen MR) is 461 cm³/mol. The van der Waals surface area contributed by atoms with Gasteiger partial charge in [-0.05, 0) is 292 Å². The summed E-state index contributed by atoms with van der Waals surface area (Å²) in [5.41, 5.74) is 1.68. The van der Waals surface area contributed by atoms with Crippen molar-refractivity contribution >= 4 is 28.9 Å². The van der Waals surface area contributed by atoms with Crippen LogP contribution < -0.4 is 9.47 Å². The Hall–Kier alpha value is -4.31. The van der Waals surface area contributed by atoms with Gasteiger partial charge in [-0.2, -0.15) is 0 Å². The lowest BCUT2D eigenvalue weighted by Gasteiger charge is -2.62. The summed E-state index contributed by atoms with van der Waals surface area (Å²) in [6.45, 7) is 35.5. The summed E-state index contributed by atoms with van der Waals surface area (Å²) >= 11 is 0. The number of ketones is 5. The molecule has 4 saturated heterocycles. The van der Waals surface area contributed by atoms with Crippen LogP contribution in [0.3, 0.4) is 0 Å². The molecule has 34 atom stereocenters. The highest BCUT2D eigenvalue weighted by atomic mass is 16.8. The van der Waals surface area contributed by atoms with Crippen molar-refractivity contribution in [1.29, 1.82) is 0 Å². The minimum atomic E-state index is -0.595. The molecule has 2 N–H and O–H groups in total. The van der Waals surface area contributed by atoms with Crippen LogP contribution in [0.2, 0.25) is 0 Å². The van der Waals surface area contributed by atoms with Crippen molar-refractivity contribution in [2.45, 2.75) is 382 Å². The first kappa shape index (κ1) is 88.3. The van der Waals surface area contributed by atoms with Gasteiger partial charge in [0.05, 0.1) is 94.9 Å². The lowest BCUT2D eigenvalue weighted by Crippen LogP contribution is -2.63. The van der Waals surface area contributed by atoms with E-state index in [2.05, 4.69) is 94.4 Å². The number of aliphatic hydroxyl groups excluding tert-OH is 2. The second kappa shape index (κ2) is 31.5. The van der Waals surface area contributed by atoms with Crippen LogP contribution >= 0.6 is 0 Å². The molecule has 122 heavy (non-hydrogen) atoms. The Morgan fingerprint density at radius 1 is 0.369 bits per heavy atom. The summed E-state index contributed by atoms with van der Waals surface area (Å²) < 4.78 is 69.3. The van der Waals surface area contributed by atoms with Crippen LogP contribution in [-0.4, -0.2) is 138 Å². The molecule has 0 aromatic heterocycles. The van der Waals surface area contributed by atoms with Gasteiger partial charge in [-0.25, -0.2) is 0 Å². The lowest BCUT2D eigenvalue weighted by molar-refractivity contribution is -0.193. The van der Waals surface area contributed by atoms with Crippen molar-refractivity contribution in [2.24, 2.45) is 138 Å². The van der Waals surface area contributed by atoms with E-state index in [0.717, 1.165) is 67.6 Å². The second-order valence-electron chi connectivity index (χ2n) is 46.6. The van der Waals surface area contributed by atoms with Gasteiger partial charge in [0.2, 0.25) is 0 Å². The zero-order chi connectivity index (χ0) is 86.6. The van der Waals surface area contributed by atoms with E-state index in [-0.39, 0.29) is 147 Å². The second-order valence-corrected chi connectivity index (χ2v) is 46.6. The van der Waals surface area contributed by atoms with Crippen LogP contribution in [0.5, 0.6) is 11.5 Å². The average molecular weight is 1690 g/mol. The van der Waals surface area contributed by atoms with E-state index in [1.165, 1.54) is 109 Å². The minimum absolute atomic E-state index is 0.0244. The Labute approximate surface area is 728 Å². The first-order valence-corrected chi connectivity index (χ1v) is 48.6. The lowest BCUT2D eigenvalue weighted by atomic mass is 9.44. The topological polar surface area (TPSA) is 227 Å². The molecule has 20 aliphatic rings. The molecule has 0 bridgehead atoms. The molecule has 2 aromatic rings. The van der Waals surface area contributed by atoms with Crippen molar-refractivity contribution in [2.75, 3.05) is 14.2 Å². The molecule has 22 rings (SSSR count). The number of carbonyl (C=O) groups excluding carboxylic acids is 5. The number of benzene rings is 2. The Bertz CT molecular complexity index is 4280. The number of allylic oxidation sites excluding steroid dienone is 2. The first-order valence-electron chi connectivity index (χ1n) is 48.6. The third-order valence-electron chi connectivity index (χ3n) is 38.9. The molecule has 18 heteroatoms. The number of carbonyl (C=O) groups is 5. The third kappa shape index (κ3) is 14.2. The number of methoxy groups -OCH3 is 2. The highest BCUT2D eigenvalue weighted by Gasteiger charge is 2.75. The maximum absolute atomic E-state index is 13.5. The van der Waals surface area contributed by atoms with Crippen LogP contribution in [-0.2, 0) is 79.8 Å². The SMILES string of the molecule is CC1(C)O[C@@H]2C3C(CC[C@]4(C)C(=O)C=CC34)[C@@]3(C)CCCCC3[C@H]2O1.CC1(C)O[C@@H]2C3C(CC[C@]4(C)C(=O)CC(=O)C34)[C@@]3(C)CCCCC3[C@H]2O1.CC1(C)O[C@@H]2C3C(CC[C@]4(C)C(=O)C[C@@H](O)C34)[C@@]3(C)CCCCC3[C@H]2O1.COc1ccc(CO)cc1.COc1ccc(CO[C@@H]2CC(=O)[C@@]3(C)CCC4C(C23)[C@H]2OC(C)(C)O[C@@H]2C2CCCC[C@]42C)cc1. The van der Waals surface area contributed by atoms with Crippen LogP contribution in [0.4, 0.5) is 0 Å². The molecule has 0 amide bonds. The van der Waals surface area contributed by atoms with Gasteiger partial charge in [-0.3, -0.25) is 24.0 Å². The third-order valence-corrected chi connectivity index (χ3v) is 38.9. The molecular formula is C104H150O18. The summed E-state index contributed by atoms with van der Waals surface area (Å²) in [4.78, 5) is 64.6. The summed E-state index contributed by atoms with van der Waals surface area (Å²) in [5.74, 6) is 6.63. The molecule has 18 nitrogen and oxygen atoms in total. The van der Waals surface area contributed by atoms with E-state index in [1.54, 1.807) is 14.2 Å². The smallest absolute Gasteiger partial charge is 0.163 e. The van der Waals surface area contributed by atoms with Gasteiger partial charge in [0.25, 0.3) is 0 Å². The van der Waals surface area contributed by atoms with Gasteiger partial charge in [0.1, 0.15) is 34.6 Å². The highest BCUT2D eigenvalue weighted by Crippen LogP contribution is 2.74. The minimum Gasteiger partial charge on any atom is -0.497 e. The number of Topliss-reactive ketones (excluding diaryl/α,β-unsaturated/α-hetero) is 4. The van der Waals surface area contributed by atoms with Crippen molar-refractivity contribution in [3.8, 4) is 11.5 Å². The Morgan fingerprint density at radius 2 is 0.721 bits per heavy atom. The largest absolute Gasteiger partial charge is 0.497 e. The summed E-state index contributed by atoms with van der Waals surface area (Å²) in [5, 5.41) is 19.6. The van der Waals surface area contributed by atoms with Gasteiger partial charge >= 0.3 is 0 Å². The molecule has 19 fully saturated rings. The van der Waals surface area contributed by atoms with Gasteiger partial charge in [-0.15, -0.1) is 0 Å². The first-order chi connectivity index (χ1) is 57.6. The fourth-order valence-electron chi connectivity index (χ4n) is 33.2. The normalized spacial score (nSPS) is 49.5. The van der Waals surface area contributed by atoms with E-state index < -0.39 is 34.7 Å². The highest BCUT2D eigenvalue weighted by molar-refractivity contribution is 6.11. The molecule has 674 valence electrons. The zero-order valence-corrected chi connectivity index (χ0v) is 77.2. The van der Waals surface area contributed by atoms with Gasteiger partial charge in [0, 0.05) is 58.2 Å². The maximum atomic E-state index is 13.5. The maximum Gasteiger partial charge on any atom is 0.163 e. The van der Waals surface area contributed by atoms with Crippen LogP contribution in [0.1, 0.15) is 295 Å². The summed E-state index contributed by atoms with van der Waals surface area (Å²) in [6, 6.07) is 15.4.